The molecule has 0 saturated heterocycles. The summed E-state index contributed by atoms with van der Waals surface area (Å²) in [5.41, 5.74) is 3.51. The monoisotopic (exact) mass is 270 g/mol. The van der Waals surface area contributed by atoms with Crippen LogP contribution < -0.4 is 10.6 Å². The lowest BCUT2D eigenvalue weighted by atomic mass is 9.98. The number of hydrogen-bond donors (Lipinski definition) is 2. The predicted octanol–water partition coefficient (Wildman–Crippen LogP) is 2.72. The maximum Gasteiger partial charge on any atom is 0.255 e. The minimum Gasteiger partial charge on any atom is -0.322 e. The van der Waals surface area contributed by atoms with E-state index < -0.39 is 0 Å². The van der Waals surface area contributed by atoms with E-state index in [0.717, 1.165) is 19.5 Å². The zero-order valence-corrected chi connectivity index (χ0v) is 10.9. The molecule has 0 saturated carbocycles. The van der Waals surface area contributed by atoms with Crippen molar-refractivity contribution in [2.45, 2.75) is 13.0 Å². The third-order valence-electron chi connectivity index (χ3n) is 3.44. The maximum absolute atomic E-state index is 13.1. The van der Waals surface area contributed by atoms with Gasteiger partial charge < -0.3 is 10.6 Å². The Morgan fingerprint density at radius 1 is 1.15 bits per heavy atom. The van der Waals surface area contributed by atoms with Gasteiger partial charge in [0.1, 0.15) is 5.82 Å². The first-order valence-electron chi connectivity index (χ1n) is 6.62. The highest BCUT2D eigenvalue weighted by Gasteiger charge is 2.12. The second-order valence-electron chi connectivity index (χ2n) is 4.87. The van der Waals surface area contributed by atoms with E-state index in [4.69, 9.17) is 0 Å². The van der Waals surface area contributed by atoms with Crippen LogP contribution in [-0.4, -0.2) is 12.5 Å². The summed E-state index contributed by atoms with van der Waals surface area (Å²) in [5.74, 6) is -0.573. The Morgan fingerprint density at radius 2 is 2.05 bits per heavy atom. The number of amides is 1. The highest BCUT2D eigenvalue weighted by atomic mass is 19.1. The molecule has 0 spiro atoms. The molecular weight excluding hydrogens is 255 g/mol. The van der Waals surface area contributed by atoms with Crippen LogP contribution in [0.2, 0.25) is 0 Å². The zero-order chi connectivity index (χ0) is 13.9. The van der Waals surface area contributed by atoms with Crippen LogP contribution in [0.1, 0.15) is 21.5 Å². The van der Waals surface area contributed by atoms with Crippen molar-refractivity contribution in [3.05, 3.63) is 65.0 Å². The van der Waals surface area contributed by atoms with Crippen LogP contribution in [0.3, 0.4) is 0 Å². The summed E-state index contributed by atoms with van der Waals surface area (Å²) < 4.78 is 13.1. The first-order valence-corrected chi connectivity index (χ1v) is 6.62. The van der Waals surface area contributed by atoms with E-state index in [1.807, 2.05) is 12.1 Å². The van der Waals surface area contributed by atoms with Crippen LogP contribution in [-0.2, 0) is 13.0 Å². The number of nitrogens with one attached hydrogen (secondary N) is 2. The predicted molar refractivity (Wildman–Crippen MR) is 76.2 cm³/mol. The van der Waals surface area contributed by atoms with E-state index in [-0.39, 0.29) is 11.7 Å². The fraction of sp³-hybridized carbons (Fsp3) is 0.188. The van der Waals surface area contributed by atoms with Gasteiger partial charge in [0.05, 0.1) is 0 Å². The molecule has 1 heterocycles. The minimum absolute atomic E-state index is 0.211. The molecule has 1 aliphatic heterocycles. The van der Waals surface area contributed by atoms with Crippen molar-refractivity contribution >= 4 is 11.6 Å². The van der Waals surface area contributed by atoms with Crippen molar-refractivity contribution in [1.29, 1.82) is 0 Å². The molecule has 2 aromatic rings. The van der Waals surface area contributed by atoms with Crippen LogP contribution in [0.25, 0.3) is 0 Å². The fourth-order valence-corrected chi connectivity index (χ4v) is 2.39. The standard InChI is InChI=1S/C16H15FN2O/c17-14-2-1-3-15(9-14)19-16(20)12-4-5-13-10-18-7-6-11(13)8-12/h1-5,8-9,18H,6-7,10H2,(H,19,20). The number of carbonyl (C=O) groups excluding carboxylic acids is 1. The van der Waals surface area contributed by atoms with Gasteiger partial charge in [0, 0.05) is 17.8 Å². The molecule has 2 aromatic carbocycles. The first kappa shape index (κ1) is 12.8. The molecule has 102 valence electrons. The van der Waals surface area contributed by atoms with E-state index >= 15 is 0 Å². The molecule has 1 aliphatic rings. The van der Waals surface area contributed by atoms with Crippen molar-refractivity contribution in [3.63, 3.8) is 0 Å². The lowest BCUT2D eigenvalue weighted by molar-refractivity contribution is 0.102. The number of fused-ring (bicyclic) bond motifs is 1. The van der Waals surface area contributed by atoms with Gasteiger partial charge in [-0.1, -0.05) is 12.1 Å². The van der Waals surface area contributed by atoms with E-state index in [9.17, 15) is 9.18 Å². The van der Waals surface area contributed by atoms with Gasteiger partial charge >= 0.3 is 0 Å². The molecule has 20 heavy (non-hydrogen) atoms. The average molecular weight is 270 g/mol. The van der Waals surface area contributed by atoms with Gasteiger partial charge in [-0.15, -0.1) is 0 Å². The number of benzene rings is 2. The number of anilines is 1. The Hall–Kier alpha value is -2.20. The van der Waals surface area contributed by atoms with Crippen LogP contribution in [0.4, 0.5) is 10.1 Å². The fourth-order valence-electron chi connectivity index (χ4n) is 2.39. The number of hydrogen-bond acceptors (Lipinski definition) is 2. The molecule has 0 radical (unpaired) electrons. The van der Waals surface area contributed by atoms with Gasteiger partial charge in [-0.2, -0.15) is 0 Å². The Labute approximate surface area is 116 Å². The highest BCUT2D eigenvalue weighted by Crippen LogP contribution is 2.17. The third-order valence-corrected chi connectivity index (χ3v) is 3.44. The first-order chi connectivity index (χ1) is 9.72. The van der Waals surface area contributed by atoms with E-state index in [2.05, 4.69) is 10.6 Å². The average Bonchev–Trinajstić information content (AvgIpc) is 2.47. The van der Waals surface area contributed by atoms with E-state index in [1.54, 1.807) is 18.2 Å². The summed E-state index contributed by atoms with van der Waals surface area (Å²) in [6.45, 7) is 1.78. The van der Waals surface area contributed by atoms with Crippen molar-refractivity contribution in [3.8, 4) is 0 Å². The van der Waals surface area contributed by atoms with Crippen LogP contribution >= 0.6 is 0 Å². The topological polar surface area (TPSA) is 41.1 Å². The molecule has 3 nitrogen and oxygen atoms in total. The lowest BCUT2D eigenvalue weighted by Crippen LogP contribution is -2.24. The molecule has 3 rings (SSSR count). The maximum atomic E-state index is 13.1. The number of rotatable bonds is 2. The molecule has 0 bridgehead atoms. The summed E-state index contributed by atoms with van der Waals surface area (Å²) in [4.78, 5) is 12.2. The number of halogens is 1. The SMILES string of the molecule is O=C(Nc1cccc(F)c1)c1ccc2c(c1)CCNC2. The molecule has 0 unspecified atom stereocenters. The van der Waals surface area contributed by atoms with Gasteiger partial charge in [0.2, 0.25) is 0 Å². The summed E-state index contributed by atoms with van der Waals surface area (Å²) in [6.07, 6.45) is 0.927. The van der Waals surface area contributed by atoms with Gasteiger partial charge in [-0.3, -0.25) is 4.79 Å². The molecule has 4 heteroatoms. The van der Waals surface area contributed by atoms with Crippen molar-refractivity contribution in [1.82, 2.24) is 5.32 Å². The molecule has 0 aliphatic carbocycles. The Bertz CT molecular complexity index is 655. The smallest absolute Gasteiger partial charge is 0.255 e. The summed E-state index contributed by atoms with van der Waals surface area (Å²) >= 11 is 0. The lowest BCUT2D eigenvalue weighted by Gasteiger charge is -2.17. The Kier molecular flexibility index (Phi) is 3.48. The summed E-state index contributed by atoms with van der Waals surface area (Å²) in [7, 11) is 0. The second-order valence-corrected chi connectivity index (χ2v) is 4.87. The molecule has 1 amide bonds. The second kappa shape index (κ2) is 5.43. The van der Waals surface area contributed by atoms with Crippen molar-refractivity contribution < 1.29 is 9.18 Å². The third kappa shape index (κ3) is 2.70. The Morgan fingerprint density at radius 3 is 2.90 bits per heavy atom. The van der Waals surface area contributed by atoms with Crippen molar-refractivity contribution in [2.75, 3.05) is 11.9 Å². The highest BCUT2D eigenvalue weighted by molar-refractivity contribution is 6.04. The zero-order valence-electron chi connectivity index (χ0n) is 10.9. The molecule has 0 fully saturated rings. The van der Waals surface area contributed by atoms with Crippen LogP contribution in [0, 0.1) is 5.82 Å². The molecular formula is C16H15FN2O. The normalized spacial score (nSPS) is 13.7. The quantitative estimate of drug-likeness (QED) is 0.881. The molecule has 2 N–H and O–H groups in total. The minimum atomic E-state index is -0.362. The van der Waals surface area contributed by atoms with Crippen LogP contribution in [0.15, 0.2) is 42.5 Å². The molecule has 0 aromatic heterocycles. The number of carbonyl (C=O) groups is 1. The van der Waals surface area contributed by atoms with Gasteiger partial charge in [-0.25, -0.2) is 4.39 Å². The van der Waals surface area contributed by atoms with E-state index in [0.29, 0.717) is 11.3 Å². The summed E-state index contributed by atoms with van der Waals surface area (Å²) in [6, 6.07) is 11.6. The molecule has 0 atom stereocenters. The van der Waals surface area contributed by atoms with Crippen molar-refractivity contribution in [2.24, 2.45) is 0 Å². The van der Waals surface area contributed by atoms with Crippen LogP contribution in [0.5, 0.6) is 0 Å². The van der Waals surface area contributed by atoms with Gasteiger partial charge in [0.25, 0.3) is 5.91 Å². The van der Waals surface area contributed by atoms with E-state index in [1.165, 1.54) is 23.3 Å². The van der Waals surface area contributed by atoms with Gasteiger partial charge in [0.15, 0.2) is 0 Å². The Balaban J connectivity index is 1.80. The van der Waals surface area contributed by atoms with Gasteiger partial charge in [-0.05, 0) is 54.4 Å². The summed E-state index contributed by atoms with van der Waals surface area (Å²) in [5, 5.41) is 6.00. The largest absolute Gasteiger partial charge is 0.322 e.